The Hall–Kier alpha value is -2.29. The van der Waals surface area contributed by atoms with Crippen molar-refractivity contribution in [3.63, 3.8) is 0 Å². The van der Waals surface area contributed by atoms with Gasteiger partial charge < -0.3 is 10.2 Å². The van der Waals surface area contributed by atoms with Gasteiger partial charge in [-0.05, 0) is 24.6 Å². The molecule has 0 aliphatic carbocycles. The molecule has 0 aromatic heterocycles. The van der Waals surface area contributed by atoms with E-state index in [1.54, 1.807) is 0 Å². The third kappa shape index (κ3) is 1.97. The summed E-state index contributed by atoms with van der Waals surface area (Å²) in [6.07, 6.45) is 0. The van der Waals surface area contributed by atoms with Crippen LogP contribution in [0.5, 0.6) is 0 Å². The minimum Gasteiger partial charge on any atom is -0.368 e. The molecule has 1 atom stereocenters. The average molecular weight is 252 g/mol. The summed E-state index contributed by atoms with van der Waals surface area (Å²) in [7, 11) is 0. The molecule has 1 aliphatic heterocycles. The fraction of sp³-hybridized carbons (Fsp3) is 0.188. The minimum atomic E-state index is -0.295. The summed E-state index contributed by atoms with van der Waals surface area (Å²) in [4.78, 5) is 14.4. The Morgan fingerprint density at radius 1 is 1.05 bits per heavy atom. The fourth-order valence-electron chi connectivity index (χ4n) is 2.52. The van der Waals surface area contributed by atoms with Crippen molar-refractivity contribution in [2.45, 2.75) is 13.0 Å². The van der Waals surface area contributed by atoms with Gasteiger partial charge in [0.2, 0.25) is 0 Å². The lowest BCUT2D eigenvalue weighted by Gasteiger charge is -2.34. The van der Waals surface area contributed by atoms with Crippen molar-refractivity contribution >= 4 is 17.3 Å². The van der Waals surface area contributed by atoms with Crippen molar-refractivity contribution in [1.82, 2.24) is 0 Å². The van der Waals surface area contributed by atoms with E-state index >= 15 is 0 Å². The number of rotatable bonds is 2. The topological polar surface area (TPSA) is 32.3 Å². The fourth-order valence-corrected chi connectivity index (χ4v) is 2.52. The van der Waals surface area contributed by atoms with Gasteiger partial charge in [-0.2, -0.15) is 0 Å². The lowest BCUT2D eigenvalue weighted by molar-refractivity contribution is -0.119. The van der Waals surface area contributed by atoms with Crippen LogP contribution in [0.2, 0.25) is 0 Å². The van der Waals surface area contributed by atoms with Gasteiger partial charge in [0.05, 0.1) is 11.4 Å². The lowest BCUT2D eigenvalue weighted by Crippen LogP contribution is -2.42. The standard InChI is InChI=1S/C16H16N2O/c1-2-18-14-11-7-6-10-13(14)17-15(16(18)19)12-8-4-3-5-9-12/h3-11,15,17H,2H2,1H3. The first-order valence-electron chi connectivity index (χ1n) is 6.53. The van der Waals surface area contributed by atoms with E-state index in [1.807, 2.05) is 66.4 Å². The molecule has 3 rings (SSSR count). The number of amides is 1. The van der Waals surface area contributed by atoms with Crippen LogP contribution >= 0.6 is 0 Å². The zero-order valence-electron chi connectivity index (χ0n) is 10.8. The Balaban J connectivity index is 2.05. The van der Waals surface area contributed by atoms with E-state index in [0.29, 0.717) is 6.54 Å². The highest BCUT2D eigenvalue weighted by molar-refractivity contribution is 6.05. The molecule has 0 spiro atoms. The molecule has 1 N–H and O–H groups in total. The Morgan fingerprint density at radius 2 is 1.74 bits per heavy atom. The average Bonchev–Trinajstić information content (AvgIpc) is 2.47. The summed E-state index contributed by atoms with van der Waals surface area (Å²) in [5.41, 5.74) is 2.97. The van der Waals surface area contributed by atoms with Gasteiger partial charge in [0, 0.05) is 6.54 Å². The second-order valence-electron chi connectivity index (χ2n) is 4.59. The van der Waals surface area contributed by atoms with Crippen LogP contribution in [0.25, 0.3) is 0 Å². The largest absolute Gasteiger partial charge is 0.368 e. The van der Waals surface area contributed by atoms with E-state index < -0.39 is 0 Å². The normalized spacial score (nSPS) is 17.8. The molecular formula is C16H16N2O. The molecule has 0 fully saturated rings. The van der Waals surface area contributed by atoms with Gasteiger partial charge in [0.25, 0.3) is 5.91 Å². The second kappa shape index (κ2) is 4.76. The van der Waals surface area contributed by atoms with Crippen LogP contribution in [-0.4, -0.2) is 12.5 Å². The number of benzene rings is 2. The molecule has 3 nitrogen and oxygen atoms in total. The second-order valence-corrected chi connectivity index (χ2v) is 4.59. The maximum Gasteiger partial charge on any atom is 0.254 e. The van der Waals surface area contributed by atoms with E-state index in [4.69, 9.17) is 0 Å². The van der Waals surface area contributed by atoms with Gasteiger partial charge >= 0.3 is 0 Å². The van der Waals surface area contributed by atoms with Gasteiger partial charge in [0.15, 0.2) is 0 Å². The molecule has 1 amide bonds. The number of likely N-dealkylation sites (N-methyl/N-ethyl adjacent to an activating group) is 1. The van der Waals surface area contributed by atoms with Gasteiger partial charge in [-0.15, -0.1) is 0 Å². The highest BCUT2D eigenvalue weighted by Crippen LogP contribution is 2.35. The Labute approximate surface area is 112 Å². The van der Waals surface area contributed by atoms with Crippen molar-refractivity contribution in [2.75, 3.05) is 16.8 Å². The Kier molecular flexibility index (Phi) is 2.95. The predicted octanol–water partition coefficient (Wildman–Crippen LogP) is 3.21. The van der Waals surface area contributed by atoms with Crippen molar-refractivity contribution < 1.29 is 4.79 Å². The molecule has 96 valence electrons. The number of para-hydroxylation sites is 2. The number of fused-ring (bicyclic) bond motifs is 1. The van der Waals surface area contributed by atoms with Crippen LogP contribution in [0.1, 0.15) is 18.5 Å². The molecule has 0 bridgehead atoms. The molecule has 2 aromatic rings. The quantitative estimate of drug-likeness (QED) is 0.890. The molecular weight excluding hydrogens is 236 g/mol. The first-order chi connectivity index (χ1) is 9.31. The number of carbonyl (C=O) groups excluding carboxylic acids is 1. The van der Waals surface area contributed by atoms with E-state index in [1.165, 1.54) is 0 Å². The van der Waals surface area contributed by atoms with Gasteiger partial charge in [-0.1, -0.05) is 42.5 Å². The third-order valence-electron chi connectivity index (χ3n) is 3.46. The highest BCUT2D eigenvalue weighted by Gasteiger charge is 2.32. The first kappa shape index (κ1) is 11.8. The number of nitrogens with zero attached hydrogens (tertiary/aromatic N) is 1. The summed E-state index contributed by atoms with van der Waals surface area (Å²) < 4.78 is 0. The molecule has 0 saturated heterocycles. The Bertz CT molecular complexity index is 595. The number of anilines is 2. The maximum absolute atomic E-state index is 12.6. The van der Waals surface area contributed by atoms with Crippen molar-refractivity contribution in [3.05, 3.63) is 60.2 Å². The number of hydrogen-bond donors (Lipinski definition) is 1. The summed E-state index contributed by atoms with van der Waals surface area (Å²) in [6.45, 7) is 2.68. The van der Waals surface area contributed by atoms with Crippen LogP contribution in [0, 0.1) is 0 Å². The SMILES string of the molecule is CCN1C(=O)C(c2ccccc2)Nc2ccccc21. The van der Waals surface area contributed by atoms with Gasteiger partial charge in [-0.25, -0.2) is 0 Å². The van der Waals surface area contributed by atoms with Crippen LogP contribution in [0.3, 0.4) is 0 Å². The maximum atomic E-state index is 12.6. The number of nitrogens with one attached hydrogen (secondary N) is 1. The van der Waals surface area contributed by atoms with E-state index in [-0.39, 0.29) is 11.9 Å². The molecule has 0 saturated carbocycles. The van der Waals surface area contributed by atoms with Crippen LogP contribution in [-0.2, 0) is 4.79 Å². The lowest BCUT2D eigenvalue weighted by atomic mass is 10.0. The summed E-state index contributed by atoms with van der Waals surface area (Å²) in [5.74, 6) is 0.104. The predicted molar refractivity (Wildman–Crippen MR) is 77.3 cm³/mol. The van der Waals surface area contributed by atoms with Crippen molar-refractivity contribution in [1.29, 1.82) is 0 Å². The molecule has 0 radical (unpaired) electrons. The Morgan fingerprint density at radius 3 is 2.47 bits per heavy atom. The van der Waals surface area contributed by atoms with Crippen LogP contribution < -0.4 is 10.2 Å². The zero-order valence-corrected chi connectivity index (χ0v) is 10.8. The van der Waals surface area contributed by atoms with Gasteiger partial charge in [-0.3, -0.25) is 4.79 Å². The smallest absolute Gasteiger partial charge is 0.254 e. The number of hydrogen-bond acceptors (Lipinski definition) is 2. The molecule has 2 aromatic carbocycles. The van der Waals surface area contributed by atoms with Crippen molar-refractivity contribution in [2.24, 2.45) is 0 Å². The van der Waals surface area contributed by atoms with Crippen LogP contribution in [0.4, 0.5) is 11.4 Å². The van der Waals surface area contributed by atoms with Gasteiger partial charge in [0.1, 0.15) is 6.04 Å². The third-order valence-corrected chi connectivity index (χ3v) is 3.46. The minimum absolute atomic E-state index is 0.104. The molecule has 3 heteroatoms. The monoisotopic (exact) mass is 252 g/mol. The molecule has 1 aliphatic rings. The van der Waals surface area contributed by atoms with E-state index in [2.05, 4.69) is 5.32 Å². The van der Waals surface area contributed by atoms with E-state index in [9.17, 15) is 4.79 Å². The number of carbonyl (C=O) groups is 1. The van der Waals surface area contributed by atoms with E-state index in [0.717, 1.165) is 16.9 Å². The first-order valence-corrected chi connectivity index (χ1v) is 6.53. The summed E-state index contributed by atoms with van der Waals surface area (Å²) in [5, 5.41) is 3.34. The molecule has 1 heterocycles. The van der Waals surface area contributed by atoms with Crippen molar-refractivity contribution in [3.8, 4) is 0 Å². The summed E-state index contributed by atoms with van der Waals surface area (Å²) in [6, 6.07) is 17.5. The summed E-state index contributed by atoms with van der Waals surface area (Å²) >= 11 is 0. The molecule has 19 heavy (non-hydrogen) atoms. The molecule has 1 unspecified atom stereocenters. The van der Waals surface area contributed by atoms with Crippen LogP contribution in [0.15, 0.2) is 54.6 Å². The zero-order chi connectivity index (χ0) is 13.2. The highest BCUT2D eigenvalue weighted by atomic mass is 16.2.